The van der Waals surface area contributed by atoms with Gasteiger partial charge in [-0.05, 0) is 62.3 Å². The molecule has 2 aromatic rings. The third-order valence-corrected chi connectivity index (χ3v) is 7.76. The molecular formula is C20H23N5O5S2. The summed E-state index contributed by atoms with van der Waals surface area (Å²) >= 11 is 0. The molecule has 1 saturated heterocycles. The molecule has 10 nitrogen and oxygen atoms in total. The molecule has 170 valence electrons. The zero-order chi connectivity index (χ0) is 22.9. The zero-order valence-corrected chi connectivity index (χ0v) is 18.7. The van der Waals surface area contributed by atoms with Crippen molar-refractivity contribution in [1.82, 2.24) is 4.90 Å². The van der Waals surface area contributed by atoms with Crippen molar-refractivity contribution in [2.24, 2.45) is 15.5 Å². The van der Waals surface area contributed by atoms with Crippen LogP contribution < -0.4 is 15.8 Å². The number of likely N-dealkylation sites (tertiary alicyclic amines) is 1. The minimum absolute atomic E-state index is 0.0207. The number of piperidine rings is 1. The van der Waals surface area contributed by atoms with Gasteiger partial charge in [0.05, 0.1) is 17.1 Å². The van der Waals surface area contributed by atoms with Crippen molar-refractivity contribution in [3.05, 3.63) is 48.5 Å². The number of hydrogen-bond acceptors (Lipinski definition) is 7. The Balaban J connectivity index is 1.32. The van der Waals surface area contributed by atoms with Crippen LogP contribution in [0.3, 0.4) is 0 Å². The summed E-state index contributed by atoms with van der Waals surface area (Å²) in [4.78, 5) is 14.8. The van der Waals surface area contributed by atoms with E-state index in [4.69, 9.17) is 5.14 Å². The Morgan fingerprint density at radius 3 is 2.44 bits per heavy atom. The van der Waals surface area contributed by atoms with E-state index in [9.17, 15) is 21.6 Å². The molecule has 2 aromatic carbocycles. The lowest BCUT2D eigenvalue weighted by atomic mass is 9.95. The van der Waals surface area contributed by atoms with Gasteiger partial charge in [-0.25, -0.2) is 13.6 Å². The molecule has 2 aliphatic heterocycles. The molecule has 4 N–H and O–H groups in total. The van der Waals surface area contributed by atoms with Crippen LogP contribution in [0.25, 0.3) is 0 Å². The molecule has 0 bridgehead atoms. The lowest BCUT2D eigenvalue weighted by Gasteiger charge is -2.32. The van der Waals surface area contributed by atoms with Crippen molar-refractivity contribution in [1.29, 1.82) is 0 Å². The molecule has 2 aliphatic rings. The minimum atomic E-state index is -3.78. The lowest BCUT2D eigenvalue weighted by Crippen LogP contribution is -2.42. The van der Waals surface area contributed by atoms with Gasteiger partial charge in [0.2, 0.25) is 15.9 Å². The van der Waals surface area contributed by atoms with Crippen molar-refractivity contribution in [2.75, 3.05) is 30.3 Å². The van der Waals surface area contributed by atoms with Crippen molar-refractivity contribution < 1.29 is 21.6 Å². The van der Waals surface area contributed by atoms with Crippen LogP contribution in [0.15, 0.2) is 62.7 Å². The summed E-state index contributed by atoms with van der Waals surface area (Å²) in [6.07, 6.45) is 1.22. The maximum absolute atomic E-state index is 12.6. The first-order valence-corrected chi connectivity index (χ1v) is 13.0. The van der Waals surface area contributed by atoms with Gasteiger partial charge in [0.1, 0.15) is 10.7 Å². The van der Waals surface area contributed by atoms with Gasteiger partial charge in [-0.3, -0.25) is 9.69 Å². The number of benzene rings is 2. The molecule has 32 heavy (non-hydrogen) atoms. The number of rotatable bonds is 5. The SMILES string of the molecule is NS(=O)(=O)c1ccc(NC(=O)C2CCN(CC3=NS(=O)(=O)c4ccccc4N3)CC2)cc1. The molecule has 4 rings (SSSR count). The molecule has 2 heterocycles. The Hall–Kier alpha value is -2.80. The third kappa shape index (κ3) is 4.99. The first kappa shape index (κ1) is 22.4. The number of sulfonamides is 2. The monoisotopic (exact) mass is 477 g/mol. The fraction of sp³-hybridized carbons (Fsp3) is 0.300. The van der Waals surface area contributed by atoms with Crippen LogP contribution >= 0.6 is 0 Å². The van der Waals surface area contributed by atoms with Crippen LogP contribution in [0.5, 0.6) is 0 Å². The van der Waals surface area contributed by atoms with Gasteiger partial charge in [-0.15, -0.1) is 4.40 Å². The number of primary sulfonamides is 1. The van der Waals surface area contributed by atoms with E-state index >= 15 is 0 Å². The molecule has 1 fully saturated rings. The third-order valence-electron chi connectivity index (χ3n) is 5.46. The lowest BCUT2D eigenvalue weighted by molar-refractivity contribution is -0.121. The average molecular weight is 478 g/mol. The van der Waals surface area contributed by atoms with Gasteiger partial charge in [0, 0.05) is 11.6 Å². The molecule has 12 heteroatoms. The average Bonchev–Trinajstić information content (AvgIpc) is 2.73. The second-order valence-electron chi connectivity index (χ2n) is 7.74. The number of hydrogen-bond donors (Lipinski definition) is 3. The van der Waals surface area contributed by atoms with Crippen LogP contribution in [0.4, 0.5) is 11.4 Å². The highest BCUT2D eigenvalue weighted by Crippen LogP contribution is 2.27. The summed E-state index contributed by atoms with van der Waals surface area (Å²) in [7, 11) is -7.51. The first-order chi connectivity index (χ1) is 15.1. The molecule has 0 unspecified atom stereocenters. The minimum Gasteiger partial charge on any atom is -0.341 e. The number of nitrogens with two attached hydrogens (primary N) is 1. The summed E-state index contributed by atoms with van der Waals surface area (Å²) < 4.78 is 51.3. The number of anilines is 2. The van der Waals surface area contributed by atoms with Gasteiger partial charge in [-0.1, -0.05) is 12.1 Å². The number of carbonyl (C=O) groups is 1. The molecule has 0 atom stereocenters. The van der Waals surface area contributed by atoms with Crippen molar-refractivity contribution in [2.45, 2.75) is 22.6 Å². The number of para-hydroxylation sites is 1. The maximum Gasteiger partial charge on any atom is 0.286 e. The number of amidine groups is 1. The number of fused-ring (bicyclic) bond motifs is 1. The van der Waals surface area contributed by atoms with Gasteiger partial charge in [0.25, 0.3) is 10.0 Å². The Bertz CT molecular complexity index is 1270. The van der Waals surface area contributed by atoms with E-state index in [2.05, 4.69) is 19.9 Å². The van der Waals surface area contributed by atoms with Gasteiger partial charge in [-0.2, -0.15) is 8.42 Å². The van der Waals surface area contributed by atoms with Crippen molar-refractivity contribution in [3.8, 4) is 0 Å². The number of nitrogens with one attached hydrogen (secondary N) is 2. The Kier molecular flexibility index (Phi) is 6.03. The van der Waals surface area contributed by atoms with Gasteiger partial charge < -0.3 is 10.6 Å². The molecular weight excluding hydrogens is 454 g/mol. The summed E-state index contributed by atoms with van der Waals surface area (Å²) in [5.74, 6) is 0.0223. The van der Waals surface area contributed by atoms with Gasteiger partial charge in [0.15, 0.2) is 0 Å². The van der Waals surface area contributed by atoms with E-state index in [1.54, 1.807) is 18.2 Å². The summed E-state index contributed by atoms with van der Waals surface area (Å²) in [6.45, 7) is 1.58. The van der Waals surface area contributed by atoms with E-state index in [1.165, 1.54) is 30.3 Å². The van der Waals surface area contributed by atoms with Crippen LogP contribution in [-0.2, 0) is 24.8 Å². The standard InChI is InChI=1S/C20H23N5O5S2/c21-31(27,28)16-7-5-15(6-8-16)22-20(26)14-9-11-25(12-10-14)13-19-23-17-3-1-2-4-18(17)32(29,30)24-19/h1-8,14H,9-13H2,(H,22,26)(H,23,24)(H2,21,27,28). The van der Waals surface area contributed by atoms with E-state index < -0.39 is 20.0 Å². The Morgan fingerprint density at radius 2 is 1.78 bits per heavy atom. The second kappa shape index (κ2) is 8.62. The van der Waals surface area contributed by atoms with E-state index in [0.29, 0.717) is 49.7 Å². The fourth-order valence-electron chi connectivity index (χ4n) is 3.77. The molecule has 0 saturated carbocycles. The van der Waals surface area contributed by atoms with Crippen molar-refractivity contribution in [3.63, 3.8) is 0 Å². The van der Waals surface area contributed by atoms with Crippen LogP contribution in [0.1, 0.15) is 12.8 Å². The molecule has 0 spiro atoms. The Morgan fingerprint density at radius 1 is 1.12 bits per heavy atom. The van der Waals surface area contributed by atoms with E-state index in [-0.39, 0.29) is 21.6 Å². The van der Waals surface area contributed by atoms with Crippen LogP contribution in [0.2, 0.25) is 0 Å². The summed E-state index contributed by atoms with van der Waals surface area (Å²) in [5, 5.41) is 11.0. The quantitative estimate of drug-likeness (QED) is 0.585. The van der Waals surface area contributed by atoms with Crippen LogP contribution in [0, 0.1) is 5.92 Å². The largest absolute Gasteiger partial charge is 0.341 e. The zero-order valence-electron chi connectivity index (χ0n) is 17.1. The normalized spacial score (nSPS) is 18.8. The predicted octanol–water partition coefficient (Wildman–Crippen LogP) is 1.20. The summed E-state index contributed by atoms with van der Waals surface area (Å²) in [6, 6.07) is 12.3. The highest BCUT2D eigenvalue weighted by atomic mass is 32.2. The topological polar surface area (TPSA) is 151 Å². The first-order valence-electron chi connectivity index (χ1n) is 9.98. The molecule has 0 aliphatic carbocycles. The molecule has 1 amide bonds. The number of amides is 1. The Labute approximate surface area is 186 Å². The highest BCUT2D eigenvalue weighted by molar-refractivity contribution is 7.90. The molecule has 0 aromatic heterocycles. The van der Waals surface area contributed by atoms with Crippen molar-refractivity contribution >= 4 is 43.2 Å². The predicted molar refractivity (Wildman–Crippen MR) is 120 cm³/mol. The maximum atomic E-state index is 12.6. The number of carbonyl (C=O) groups excluding carboxylic acids is 1. The fourth-order valence-corrected chi connectivity index (χ4v) is 5.43. The second-order valence-corrected chi connectivity index (χ2v) is 10.9. The van der Waals surface area contributed by atoms with E-state index in [1.807, 2.05) is 0 Å². The van der Waals surface area contributed by atoms with Crippen LogP contribution in [-0.4, -0.2) is 53.1 Å². The van der Waals surface area contributed by atoms with E-state index in [0.717, 1.165) is 0 Å². The summed E-state index contributed by atoms with van der Waals surface area (Å²) in [5.41, 5.74) is 1.01. The molecule has 0 radical (unpaired) electrons. The number of nitrogens with zero attached hydrogens (tertiary/aromatic N) is 2. The smallest absolute Gasteiger partial charge is 0.286 e. The van der Waals surface area contributed by atoms with Gasteiger partial charge >= 0.3 is 0 Å². The highest BCUT2D eigenvalue weighted by Gasteiger charge is 2.28.